The first-order valence-electron chi connectivity index (χ1n) is 9.04. The number of amides is 1. The van der Waals surface area contributed by atoms with E-state index in [1.54, 1.807) is 30.3 Å². The second-order valence-corrected chi connectivity index (χ2v) is 10.9. The van der Waals surface area contributed by atoms with Crippen molar-refractivity contribution in [1.82, 2.24) is 4.90 Å². The largest absolute Gasteiger partial charge is 0.342 e. The molecule has 2 aliphatic rings. The lowest BCUT2D eigenvalue weighted by Gasteiger charge is -2.24. The minimum atomic E-state index is -3.12. The van der Waals surface area contributed by atoms with Gasteiger partial charge < -0.3 is 4.90 Å². The Morgan fingerprint density at radius 2 is 1.90 bits per heavy atom. The molecule has 2 aromatic carbocycles. The highest BCUT2D eigenvalue weighted by Gasteiger charge is 2.48. The maximum absolute atomic E-state index is 13.2. The van der Waals surface area contributed by atoms with Gasteiger partial charge in [-0.05, 0) is 29.3 Å². The third-order valence-electron chi connectivity index (χ3n) is 4.96. The van der Waals surface area contributed by atoms with Gasteiger partial charge in [0.2, 0.25) is 0 Å². The topological polar surface area (TPSA) is 66.8 Å². The molecular weight excluding hydrogens is 435 g/mol. The number of carbonyl (C=O) groups excluding carboxylic acids is 1. The number of aliphatic imine (C=N–C) groups is 1. The van der Waals surface area contributed by atoms with E-state index in [2.05, 4.69) is 4.99 Å². The van der Waals surface area contributed by atoms with Crippen LogP contribution in [0.4, 0.5) is 4.39 Å². The number of rotatable bonds is 4. The van der Waals surface area contributed by atoms with E-state index in [0.29, 0.717) is 22.3 Å². The van der Waals surface area contributed by atoms with E-state index < -0.39 is 9.84 Å². The van der Waals surface area contributed by atoms with Crippen LogP contribution in [0.3, 0.4) is 0 Å². The van der Waals surface area contributed by atoms with Crippen molar-refractivity contribution in [3.8, 4) is 0 Å². The summed E-state index contributed by atoms with van der Waals surface area (Å²) in [5.74, 6) is -0.578. The molecule has 0 aliphatic carbocycles. The van der Waals surface area contributed by atoms with Crippen LogP contribution in [0.5, 0.6) is 0 Å². The van der Waals surface area contributed by atoms with Crippen molar-refractivity contribution in [3.63, 3.8) is 0 Å². The summed E-state index contributed by atoms with van der Waals surface area (Å²) >= 11 is 7.46. The number of halogens is 2. The van der Waals surface area contributed by atoms with Gasteiger partial charge in [-0.15, -0.1) is 0 Å². The molecule has 2 aromatic rings. The normalized spacial score (nSPS) is 24.1. The lowest BCUT2D eigenvalue weighted by molar-refractivity contribution is -0.117. The molecule has 0 radical (unpaired) electrons. The molecule has 2 unspecified atom stereocenters. The van der Waals surface area contributed by atoms with E-state index in [-0.39, 0.29) is 40.9 Å². The van der Waals surface area contributed by atoms with Gasteiger partial charge in [0.25, 0.3) is 5.91 Å². The van der Waals surface area contributed by atoms with Crippen molar-refractivity contribution in [2.45, 2.75) is 24.3 Å². The number of nitrogens with zero attached hydrogens (tertiary/aromatic N) is 2. The van der Waals surface area contributed by atoms with E-state index in [1.165, 1.54) is 23.9 Å². The van der Waals surface area contributed by atoms with Crippen LogP contribution in [0.25, 0.3) is 0 Å². The molecule has 0 bridgehead atoms. The number of hydrogen-bond donors (Lipinski definition) is 0. The quantitative estimate of drug-likeness (QED) is 0.712. The first kappa shape index (κ1) is 20.4. The molecule has 0 N–H and O–H groups in total. The zero-order chi connectivity index (χ0) is 20.6. The van der Waals surface area contributed by atoms with Crippen LogP contribution in [0, 0.1) is 5.82 Å². The molecule has 2 fully saturated rings. The third kappa shape index (κ3) is 4.65. The Morgan fingerprint density at radius 3 is 2.62 bits per heavy atom. The van der Waals surface area contributed by atoms with E-state index in [9.17, 15) is 17.6 Å². The first-order chi connectivity index (χ1) is 13.8. The Kier molecular flexibility index (Phi) is 5.68. The fourth-order valence-electron chi connectivity index (χ4n) is 3.56. The van der Waals surface area contributed by atoms with Crippen molar-refractivity contribution in [1.29, 1.82) is 0 Å². The van der Waals surface area contributed by atoms with Gasteiger partial charge in [0.15, 0.2) is 15.0 Å². The van der Waals surface area contributed by atoms with Gasteiger partial charge in [-0.1, -0.05) is 53.7 Å². The number of benzene rings is 2. The van der Waals surface area contributed by atoms with Gasteiger partial charge in [0.1, 0.15) is 5.82 Å². The first-order valence-corrected chi connectivity index (χ1v) is 12.1. The third-order valence-corrected chi connectivity index (χ3v) is 8.58. The predicted octanol–water partition coefficient (Wildman–Crippen LogP) is 3.32. The molecule has 5 nitrogen and oxygen atoms in total. The highest BCUT2D eigenvalue weighted by Crippen LogP contribution is 2.39. The molecule has 2 heterocycles. The summed E-state index contributed by atoms with van der Waals surface area (Å²) in [5, 5.41) is 0.856. The van der Waals surface area contributed by atoms with Crippen LogP contribution in [-0.2, 0) is 27.6 Å². The van der Waals surface area contributed by atoms with Crippen molar-refractivity contribution in [3.05, 3.63) is 70.5 Å². The summed E-state index contributed by atoms with van der Waals surface area (Å²) in [7, 11) is -3.12. The molecular formula is C20H18ClFN2O3S2. The molecule has 29 heavy (non-hydrogen) atoms. The van der Waals surface area contributed by atoms with Gasteiger partial charge in [0, 0.05) is 16.8 Å². The Morgan fingerprint density at radius 1 is 1.17 bits per heavy atom. The molecule has 152 valence electrons. The van der Waals surface area contributed by atoms with Gasteiger partial charge in [0.05, 0.1) is 24.0 Å². The summed E-state index contributed by atoms with van der Waals surface area (Å²) in [6.45, 7) is 0.363. The average Bonchev–Trinajstić information content (AvgIpc) is 3.11. The molecule has 2 saturated heterocycles. The number of amidine groups is 1. The molecule has 4 rings (SSSR count). The van der Waals surface area contributed by atoms with Crippen molar-refractivity contribution in [2.75, 3.05) is 11.5 Å². The number of fused-ring (bicyclic) bond motifs is 1. The lowest BCUT2D eigenvalue weighted by Crippen LogP contribution is -2.37. The summed E-state index contributed by atoms with van der Waals surface area (Å²) in [6, 6.07) is 12.9. The Bertz CT molecular complexity index is 1070. The molecule has 1 amide bonds. The van der Waals surface area contributed by atoms with E-state index in [1.807, 2.05) is 11.0 Å². The second-order valence-electron chi connectivity index (χ2n) is 7.11. The van der Waals surface area contributed by atoms with Crippen molar-refractivity contribution < 1.29 is 17.6 Å². The van der Waals surface area contributed by atoms with E-state index >= 15 is 0 Å². The van der Waals surface area contributed by atoms with Crippen LogP contribution in [0.15, 0.2) is 53.5 Å². The smallest absolute Gasteiger partial charge is 0.252 e. The fourth-order valence-corrected chi connectivity index (χ4v) is 7.73. The van der Waals surface area contributed by atoms with Crippen LogP contribution in [0.1, 0.15) is 11.1 Å². The Hall–Kier alpha value is -1.90. The standard InChI is InChI=1S/C20H18ClFN2O3S2/c21-16-4-2-1-3-14(16)9-19(25)23-20-24(10-13-5-7-15(22)8-6-13)17-11-29(26,27)12-18(17)28-20/h1-8,17-18H,9-12H2. The monoisotopic (exact) mass is 452 g/mol. The maximum Gasteiger partial charge on any atom is 0.252 e. The number of hydrogen-bond acceptors (Lipinski definition) is 4. The highest BCUT2D eigenvalue weighted by atomic mass is 35.5. The van der Waals surface area contributed by atoms with Gasteiger partial charge in [-0.3, -0.25) is 4.79 Å². The molecule has 9 heteroatoms. The van der Waals surface area contributed by atoms with E-state index in [0.717, 1.165) is 5.56 Å². The van der Waals surface area contributed by atoms with Gasteiger partial charge in [-0.25, -0.2) is 12.8 Å². The van der Waals surface area contributed by atoms with Gasteiger partial charge >= 0.3 is 0 Å². The minimum Gasteiger partial charge on any atom is -0.342 e. The fraction of sp³-hybridized carbons (Fsp3) is 0.300. The van der Waals surface area contributed by atoms with E-state index in [4.69, 9.17) is 11.6 Å². The van der Waals surface area contributed by atoms with Crippen LogP contribution in [0.2, 0.25) is 5.02 Å². The second kappa shape index (κ2) is 8.08. The molecule has 0 saturated carbocycles. The Labute approximate surface area is 177 Å². The minimum absolute atomic E-state index is 0.0313. The zero-order valence-electron chi connectivity index (χ0n) is 15.3. The molecule has 2 aliphatic heterocycles. The number of carbonyl (C=O) groups is 1. The van der Waals surface area contributed by atoms with Crippen LogP contribution >= 0.6 is 23.4 Å². The van der Waals surface area contributed by atoms with Gasteiger partial charge in [-0.2, -0.15) is 4.99 Å². The van der Waals surface area contributed by atoms with Crippen LogP contribution < -0.4 is 0 Å². The summed E-state index contributed by atoms with van der Waals surface area (Å²) in [5.41, 5.74) is 1.52. The maximum atomic E-state index is 13.2. The molecule has 0 aromatic heterocycles. The lowest BCUT2D eigenvalue weighted by atomic mass is 10.1. The summed E-state index contributed by atoms with van der Waals surface area (Å²) < 4.78 is 37.4. The van der Waals surface area contributed by atoms with Crippen molar-refractivity contribution >= 4 is 44.3 Å². The SMILES string of the molecule is O=C(Cc1ccccc1Cl)N=C1SC2CS(=O)(=O)CC2N1Cc1ccc(F)cc1. The Balaban J connectivity index is 1.58. The van der Waals surface area contributed by atoms with Crippen molar-refractivity contribution in [2.24, 2.45) is 4.99 Å². The molecule has 2 atom stereocenters. The number of thioether (sulfide) groups is 1. The van der Waals surface area contributed by atoms with Crippen LogP contribution in [-0.4, -0.2) is 47.2 Å². The predicted molar refractivity (Wildman–Crippen MR) is 113 cm³/mol. The molecule has 0 spiro atoms. The summed E-state index contributed by atoms with van der Waals surface area (Å²) in [4.78, 5) is 18.7. The zero-order valence-corrected chi connectivity index (χ0v) is 17.7. The highest BCUT2D eigenvalue weighted by molar-refractivity contribution is 8.15. The number of sulfone groups is 1. The average molecular weight is 453 g/mol. The summed E-state index contributed by atoms with van der Waals surface area (Å²) in [6.07, 6.45) is 0.0712.